The van der Waals surface area contributed by atoms with Crippen LogP contribution >= 0.6 is 0 Å². The van der Waals surface area contributed by atoms with E-state index < -0.39 is 0 Å². The second-order valence-electron chi connectivity index (χ2n) is 5.18. The van der Waals surface area contributed by atoms with Crippen LogP contribution in [0.5, 0.6) is 5.75 Å². The first kappa shape index (κ1) is 14.0. The van der Waals surface area contributed by atoms with Gasteiger partial charge in [0.05, 0.1) is 31.6 Å². The predicted molar refractivity (Wildman–Crippen MR) is 75.2 cm³/mol. The second kappa shape index (κ2) is 5.83. The maximum Gasteiger partial charge on any atom is 0.127 e. The number of benzene rings is 1. The van der Waals surface area contributed by atoms with Crippen LogP contribution in [0.2, 0.25) is 0 Å². The van der Waals surface area contributed by atoms with E-state index in [1.165, 1.54) is 6.07 Å². The van der Waals surface area contributed by atoms with Crippen LogP contribution in [-0.4, -0.2) is 33.4 Å². The fraction of sp³-hybridized carbons (Fsp3) is 0.400. The highest BCUT2D eigenvalue weighted by molar-refractivity contribution is 5.30. The summed E-state index contributed by atoms with van der Waals surface area (Å²) >= 11 is 0. The number of aromatic nitrogens is 2. The van der Waals surface area contributed by atoms with E-state index in [2.05, 4.69) is 10.00 Å². The van der Waals surface area contributed by atoms with E-state index in [1.807, 2.05) is 10.7 Å². The van der Waals surface area contributed by atoms with Crippen molar-refractivity contribution in [3.05, 3.63) is 47.0 Å². The van der Waals surface area contributed by atoms with Crippen LogP contribution in [0.15, 0.2) is 24.3 Å². The van der Waals surface area contributed by atoms with Crippen LogP contribution in [0.3, 0.4) is 0 Å². The van der Waals surface area contributed by atoms with Crippen molar-refractivity contribution in [1.29, 1.82) is 0 Å². The SMILES string of the molecule is COc1ccc(F)c(CN2CCn3nc(CO)cc3C2)c1. The summed E-state index contributed by atoms with van der Waals surface area (Å²) in [7, 11) is 1.58. The van der Waals surface area contributed by atoms with Gasteiger partial charge in [-0.3, -0.25) is 9.58 Å². The van der Waals surface area contributed by atoms with Gasteiger partial charge < -0.3 is 9.84 Å². The number of ether oxygens (including phenoxy) is 1. The largest absolute Gasteiger partial charge is 0.497 e. The Bertz CT molecular complexity index is 642. The molecule has 1 aromatic heterocycles. The molecule has 6 heteroatoms. The third-order valence-electron chi connectivity index (χ3n) is 3.74. The van der Waals surface area contributed by atoms with Crippen LogP contribution < -0.4 is 4.74 Å². The van der Waals surface area contributed by atoms with Crippen molar-refractivity contribution in [2.24, 2.45) is 0 Å². The molecule has 0 radical (unpaired) electrons. The molecule has 1 N–H and O–H groups in total. The molecule has 5 nitrogen and oxygen atoms in total. The highest BCUT2D eigenvalue weighted by Gasteiger charge is 2.19. The molecule has 0 spiro atoms. The maximum absolute atomic E-state index is 13.9. The number of fused-ring (bicyclic) bond motifs is 1. The van der Waals surface area contributed by atoms with Gasteiger partial charge in [0.2, 0.25) is 0 Å². The summed E-state index contributed by atoms with van der Waals surface area (Å²) in [5.74, 6) is 0.446. The number of hydrogen-bond donors (Lipinski definition) is 1. The highest BCUT2D eigenvalue weighted by Crippen LogP contribution is 2.21. The minimum atomic E-state index is -0.217. The Morgan fingerprint density at radius 3 is 2.95 bits per heavy atom. The van der Waals surface area contributed by atoms with E-state index in [0.29, 0.717) is 30.1 Å². The molecule has 1 aromatic carbocycles. The first-order valence-corrected chi connectivity index (χ1v) is 6.91. The van der Waals surface area contributed by atoms with Gasteiger partial charge in [-0.25, -0.2) is 4.39 Å². The first-order valence-electron chi connectivity index (χ1n) is 6.91. The Hall–Kier alpha value is -1.92. The summed E-state index contributed by atoms with van der Waals surface area (Å²) in [5, 5.41) is 13.4. The van der Waals surface area contributed by atoms with E-state index in [0.717, 1.165) is 18.8 Å². The molecule has 112 valence electrons. The predicted octanol–water partition coefficient (Wildman–Crippen LogP) is 1.54. The zero-order chi connectivity index (χ0) is 14.8. The third kappa shape index (κ3) is 2.91. The molecule has 0 amide bonds. The van der Waals surface area contributed by atoms with Gasteiger partial charge >= 0.3 is 0 Å². The number of rotatable bonds is 4. The van der Waals surface area contributed by atoms with E-state index in [1.54, 1.807) is 19.2 Å². The summed E-state index contributed by atoms with van der Waals surface area (Å²) in [4.78, 5) is 2.16. The zero-order valence-electron chi connectivity index (χ0n) is 11.9. The quantitative estimate of drug-likeness (QED) is 0.928. The smallest absolute Gasteiger partial charge is 0.127 e. The van der Waals surface area contributed by atoms with E-state index >= 15 is 0 Å². The van der Waals surface area contributed by atoms with Crippen molar-refractivity contribution in [3.63, 3.8) is 0 Å². The van der Waals surface area contributed by atoms with Gasteiger partial charge in [0.15, 0.2) is 0 Å². The number of aliphatic hydroxyl groups excluding tert-OH is 1. The lowest BCUT2D eigenvalue weighted by Crippen LogP contribution is -2.33. The molecule has 0 bridgehead atoms. The molecule has 21 heavy (non-hydrogen) atoms. The molecular formula is C15H18FN3O2. The van der Waals surface area contributed by atoms with Gasteiger partial charge in [0.25, 0.3) is 0 Å². The maximum atomic E-state index is 13.9. The summed E-state index contributed by atoms with van der Waals surface area (Å²) in [6.07, 6.45) is 0. The molecule has 2 heterocycles. The van der Waals surface area contributed by atoms with Crippen LogP contribution in [0, 0.1) is 5.82 Å². The number of aliphatic hydroxyl groups is 1. The summed E-state index contributed by atoms with van der Waals surface area (Å²) in [6, 6.07) is 6.69. The van der Waals surface area contributed by atoms with E-state index in [-0.39, 0.29) is 12.4 Å². The number of methoxy groups -OCH3 is 1. The van der Waals surface area contributed by atoms with Gasteiger partial charge in [-0.1, -0.05) is 0 Å². The van der Waals surface area contributed by atoms with Crippen molar-refractivity contribution < 1.29 is 14.2 Å². The van der Waals surface area contributed by atoms with Crippen molar-refractivity contribution in [2.45, 2.75) is 26.2 Å². The fourth-order valence-corrected chi connectivity index (χ4v) is 2.63. The minimum Gasteiger partial charge on any atom is -0.497 e. The molecule has 0 unspecified atom stereocenters. The highest BCUT2D eigenvalue weighted by atomic mass is 19.1. The van der Waals surface area contributed by atoms with Gasteiger partial charge in [-0.2, -0.15) is 5.10 Å². The van der Waals surface area contributed by atoms with Gasteiger partial charge in [-0.15, -0.1) is 0 Å². The lowest BCUT2D eigenvalue weighted by molar-refractivity contribution is 0.202. The molecule has 0 saturated heterocycles. The van der Waals surface area contributed by atoms with Crippen LogP contribution in [0.25, 0.3) is 0 Å². The fourth-order valence-electron chi connectivity index (χ4n) is 2.63. The number of halogens is 1. The van der Waals surface area contributed by atoms with Crippen LogP contribution in [0.1, 0.15) is 17.0 Å². The summed E-state index contributed by atoms with van der Waals surface area (Å²) < 4.78 is 20.9. The van der Waals surface area contributed by atoms with Crippen molar-refractivity contribution in [1.82, 2.24) is 14.7 Å². The topological polar surface area (TPSA) is 50.5 Å². The number of hydrogen-bond acceptors (Lipinski definition) is 4. The first-order chi connectivity index (χ1) is 10.2. The normalized spacial score (nSPS) is 15.0. The lowest BCUT2D eigenvalue weighted by atomic mass is 10.1. The Morgan fingerprint density at radius 1 is 1.33 bits per heavy atom. The molecule has 0 saturated carbocycles. The van der Waals surface area contributed by atoms with E-state index in [4.69, 9.17) is 9.84 Å². The standard InChI is InChI=1S/C15H18FN3O2/c1-21-14-2-3-15(16)11(6-14)8-18-4-5-19-13(9-18)7-12(10-20)17-19/h2-3,6-7,20H,4-5,8-10H2,1H3. The molecule has 0 fully saturated rings. The molecule has 1 aliphatic heterocycles. The Labute approximate surface area is 122 Å². The molecular weight excluding hydrogens is 273 g/mol. The average Bonchev–Trinajstić information content (AvgIpc) is 2.92. The average molecular weight is 291 g/mol. The van der Waals surface area contributed by atoms with Crippen molar-refractivity contribution >= 4 is 0 Å². The Kier molecular flexibility index (Phi) is 3.90. The molecule has 0 atom stereocenters. The molecule has 1 aliphatic rings. The Morgan fingerprint density at radius 2 is 2.19 bits per heavy atom. The van der Waals surface area contributed by atoms with Crippen molar-refractivity contribution in [3.8, 4) is 5.75 Å². The third-order valence-corrected chi connectivity index (χ3v) is 3.74. The molecule has 2 aromatic rings. The van der Waals surface area contributed by atoms with E-state index in [9.17, 15) is 4.39 Å². The van der Waals surface area contributed by atoms with Gasteiger partial charge in [0.1, 0.15) is 11.6 Å². The van der Waals surface area contributed by atoms with Crippen molar-refractivity contribution in [2.75, 3.05) is 13.7 Å². The molecule has 0 aliphatic carbocycles. The monoisotopic (exact) mass is 291 g/mol. The minimum absolute atomic E-state index is 0.0511. The van der Waals surface area contributed by atoms with Crippen LogP contribution in [0.4, 0.5) is 4.39 Å². The summed E-state index contributed by atoms with van der Waals surface area (Å²) in [5.41, 5.74) is 2.36. The van der Waals surface area contributed by atoms with Gasteiger partial charge in [0, 0.05) is 25.2 Å². The number of nitrogens with zero attached hydrogens (tertiary/aromatic N) is 3. The summed E-state index contributed by atoms with van der Waals surface area (Å²) in [6.45, 7) is 2.73. The Balaban J connectivity index is 1.75. The zero-order valence-corrected chi connectivity index (χ0v) is 11.9. The van der Waals surface area contributed by atoms with Crippen LogP contribution in [-0.2, 0) is 26.2 Å². The molecule has 3 rings (SSSR count). The van der Waals surface area contributed by atoms with Gasteiger partial charge in [-0.05, 0) is 24.3 Å². The second-order valence-corrected chi connectivity index (χ2v) is 5.18. The lowest BCUT2D eigenvalue weighted by Gasteiger charge is -2.27.